The third-order valence-corrected chi connectivity index (χ3v) is 9.20. The van der Waals surface area contributed by atoms with Gasteiger partial charge in [-0.3, -0.25) is 57.9 Å². The molecule has 0 spiro atoms. The summed E-state index contributed by atoms with van der Waals surface area (Å²) in [6, 6.07) is -0.601. The number of carbonyl (C=O) groups is 10. The molecule has 0 saturated heterocycles. The zero-order valence-electron chi connectivity index (χ0n) is 33.5. The van der Waals surface area contributed by atoms with E-state index in [0.717, 1.165) is 39.0 Å². The summed E-state index contributed by atoms with van der Waals surface area (Å²) < 4.78 is 23.8. The first kappa shape index (κ1) is 48.9. The summed E-state index contributed by atoms with van der Waals surface area (Å²) in [5.41, 5.74) is -0.932. The van der Waals surface area contributed by atoms with Gasteiger partial charge in [0.25, 0.3) is 35.4 Å². The molecular weight excluding hydrogens is 792 g/mol. The van der Waals surface area contributed by atoms with Gasteiger partial charge in [-0.1, -0.05) is 0 Å². The first-order valence-electron chi connectivity index (χ1n) is 19.7. The van der Waals surface area contributed by atoms with Crippen molar-refractivity contribution >= 4 is 59.5 Å². The normalized spacial score (nSPS) is 15.6. The van der Waals surface area contributed by atoms with Crippen LogP contribution in [0.4, 0.5) is 0 Å². The van der Waals surface area contributed by atoms with Crippen LogP contribution in [0.5, 0.6) is 0 Å². The van der Waals surface area contributed by atoms with Crippen LogP contribution >= 0.6 is 0 Å². The number of carbonyl (C=O) groups excluding carboxylic acids is 9. The molecule has 3 heterocycles. The average Bonchev–Trinajstić information content (AvgIpc) is 3.85. The SMILES string of the molecule is O=CC(CCN1C(=O)C=CC1=O)NCCCOCC(COCCCNC(=O)CCN1C(=O)C=CC1=O)(COCCCNC(=O)CCN1C(=O)C=CC1=O)COCCC(=O)O. The van der Waals surface area contributed by atoms with Gasteiger partial charge in [0.05, 0.1) is 50.9 Å². The van der Waals surface area contributed by atoms with E-state index in [1.54, 1.807) is 0 Å². The minimum absolute atomic E-state index is 0.00634. The van der Waals surface area contributed by atoms with Crippen molar-refractivity contribution in [1.82, 2.24) is 30.7 Å². The lowest BCUT2D eigenvalue weighted by Crippen LogP contribution is -2.42. The van der Waals surface area contributed by atoms with E-state index in [1.165, 1.54) is 12.2 Å². The number of hydrogen-bond acceptors (Lipinski definition) is 15. The second-order valence-corrected chi connectivity index (χ2v) is 14.1. The Morgan fingerprint density at radius 2 is 0.933 bits per heavy atom. The van der Waals surface area contributed by atoms with Crippen LogP contribution in [0.1, 0.15) is 44.9 Å². The van der Waals surface area contributed by atoms with E-state index >= 15 is 0 Å². The fourth-order valence-electron chi connectivity index (χ4n) is 5.87. The molecule has 3 aliphatic heterocycles. The van der Waals surface area contributed by atoms with Gasteiger partial charge in [-0.15, -0.1) is 0 Å². The zero-order chi connectivity index (χ0) is 43.8. The smallest absolute Gasteiger partial charge is 0.305 e. The number of amides is 8. The molecule has 1 unspecified atom stereocenters. The minimum atomic E-state index is -1.05. The zero-order valence-corrected chi connectivity index (χ0v) is 33.5. The molecule has 0 saturated carbocycles. The summed E-state index contributed by atoms with van der Waals surface area (Å²) in [5, 5.41) is 17.6. The van der Waals surface area contributed by atoms with Gasteiger partial charge in [0.1, 0.15) is 6.29 Å². The summed E-state index contributed by atoms with van der Waals surface area (Å²) in [5.74, 6) is -4.49. The Balaban J connectivity index is 1.48. The van der Waals surface area contributed by atoms with Gasteiger partial charge in [-0.2, -0.15) is 0 Å². The van der Waals surface area contributed by atoms with Crippen LogP contribution in [-0.2, 0) is 66.9 Å². The molecule has 330 valence electrons. The summed E-state index contributed by atoms with van der Waals surface area (Å²) >= 11 is 0. The van der Waals surface area contributed by atoms with Crippen LogP contribution in [0.3, 0.4) is 0 Å². The molecule has 21 nitrogen and oxygen atoms in total. The van der Waals surface area contributed by atoms with Gasteiger partial charge in [0.15, 0.2) is 0 Å². The van der Waals surface area contributed by atoms with Crippen LogP contribution in [0.15, 0.2) is 36.5 Å². The van der Waals surface area contributed by atoms with Crippen molar-refractivity contribution in [3.63, 3.8) is 0 Å². The van der Waals surface area contributed by atoms with E-state index in [2.05, 4.69) is 16.0 Å². The van der Waals surface area contributed by atoms with Crippen LogP contribution in [-0.4, -0.2) is 177 Å². The highest BCUT2D eigenvalue weighted by atomic mass is 16.5. The number of carboxylic acid groups (broad SMARTS) is 1. The van der Waals surface area contributed by atoms with Crippen molar-refractivity contribution in [2.75, 3.05) is 92.1 Å². The highest BCUT2D eigenvalue weighted by molar-refractivity contribution is 6.14. The molecule has 3 rings (SSSR count). The average molecular weight is 847 g/mol. The summed E-state index contributed by atoms with van der Waals surface area (Å²) in [4.78, 5) is 121. The Bertz CT molecular complexity index is 1520. The van der Waals surface area contributed by atoms with Crippen LogP contribution in [0.25, 0.3) is 0 Å². The van der Waals surface area contributed by atoms with Gasteiger partial charge >= 0.3 is 5.97 Å². The number of hydrogen-bond donors (Lipinski definition) is 4. The Morgan fingerprint density at radius 1 is 0.567 bits per heavy atom. The maximum Gasteiger partial charge on any atom is 0.305 e. The molecular formula is C39H54N6O15. The number of imide groups is 3. The summed E-state index contributed by atoms with van der Waals surface area (Å²) in [7, 11) is 0. The van der Waals surface area contributed by atoms with Crippen molar-refractivity contribution in [3.8, 4) is 0 Å². The molecule has 0 aromatic heterocycles. The molecule has 0 radical (unpaired) electrons. The maximum absolute atomic E-state index is 12.3. The molecule has 0 aliphatic carbocycles. The van der Waals surface area contributed by atoms with E-state index in [0.29, 0.717) is 32.1 Å². The topological polar surface area (TPSA) is 274 Å². The van der Waals surface area contributed by atoms with Gasteiger partial charge in [0.2, 0.25) is 11.8 Å². The first-order chi connectivity index (χ1) is 28.8. The number of rotatable bonds is 34. The standard InChI is InChI=1S/C39H54N6O15/c46-24-29(10-17-43-32(49)4-5-33(43)50)40-14-1-20-57-25-39(28-60-23-13-38(55)56,26-58-21-2-15-41-30(47)11-18-44-34(51)6-7-35(44)52)27-59-22-3-16-42-31(48)12-19-45-36(53)8-9-37(45)54/h4-9,24,29,40H,1-3,10-23,25-28H2,(H,41,47)(H,42,48)(H,55,56). The molecule has 0 fully saturated rings. The second-order valence-electron chi connectivity index (χ2n) is 14.1. The molecule has 60 heavy (non-hydrogen) atoms. The van der Waals surface area contributed by atoms with Crippen molar-refractivity contribution in [2.24, 2.45) is 5.41 Å². The quantitative estimate of drug-likeness (QED) is 0.0310. The molecule has 0 aromatic rings. The maximum atomic E-state index is 12.3. The minimum Gasteiger partial charge on any atom is -0.481 e. The van der Waals surface area contributed by atoms with Crippen LogP contribution < -0.4 is 16.0 Å². The number of nitrogens with zero attached hydrogens (tertiary/aromatic N) is 3. The van der Waals surface area contributed by atoms with E-state index in [-0.39, 0.29) is 123 Å². The molecule has 0 aromatic carbocycles. The fraction of sp³-hybridized carbons (Fsp3) is 0.590. The van der Waals surface area contributed by atoms with Crippen molar-refractivity contribution in [2.45, 2.75) is 51.0 Å². The van der Waals surface area contributed by atoms with E-state index < -0.39 is 52.9 Å². The fourth-order valence-corrected chi connectivity index (χ4v) is 5.87. The van der Waals surface area contributed by atoms with Gasteiger partial charge in [-0.25, -0.2) is 0 Å². The molecule has 8 amide bonds. The van der Waals surface area contributed by atoms with Gasteiger partial charge in [0, 0.05) is 102 Å². The van der Waals surface area contributed by atoms with Gasteiger partial charge < -0.3 is 44.8 Å². The van der Waals surface area contributed by atoms with Crippen LogP contribution in [0, 0.1) is 5.41 Å². The number of ether oxygens (including phenoxy) is 4. The Kier molecular flexibility index (Phi) is 21.7. The number of carboxylic acids is 1. The predicted molar refractivity (Wildman–Crippen MR) is 207 cm³/mol. The largest absolute Gasteiger partial charge is 0.481 e. The van der Waals surface area contributed by atoms with E-state index in [1.807, 2.05) is 0 Å². The number of aldehydes is 1. The lowest BCUT2D eigenvalue weighted by Gasteiger charge is -2.33. The van der Waals surface area contributed by atoms with E-state index in [9.17, 15) is 47.9 Å². The van der Waals surface area contributed by atoms with E-state index in [4.69, 9.17) is 24.1 Å². The highest BCUT2D eigenvalue weighted by Crippen LogP contribution is 2.22. The van der Waals surface area contributed by atoms with Crippen molar-refractivity contribution < 1.29 is 72.0 Å². The highest BCUT2D eigenvalue weighted by Gasteiger charge is 2.33. The lowest BCUT2D eigenvalue weighted by atomic mass is 9.92. The third-order valence-electron chi connectivity index (χ3n) is 9.20. The lowest BCUT2D eigenvalue weighted by molar-refractivity contribution is -0.140. The Morgan fingerprint density at radius 3 is 1.32 bits per heavy atom. The molecule has 0 bridgehead atoms. The van der Waals surface area contributed by atoms with Gasteiger partial charge in [-0.05, 0) is 32.2 Å². The molecule has 21 heteroatoms. The second kappa shape index (κ2) is 26.6. The predicted octanol–water partition coefficient (Wildman–Crippen LogP) is -1.98. The first-order valence-corrected chi connectivity index (χ1v) is 19.7. The van der Waals surface area contributed by atoms with Crippen LogP contribution in [0.2, 0.25) is 0 Å². The third kappa shape index (κ3) is 17.8. The monoisotopic (exact) mass is 846 g/mol. The number of aliphatic carboxylic acids is 1. The molecule has 3 aliphatic rings. The summed E-state index contributed by atoms with van der Waals surface area (Å²) in [6.45, 7) is 1.56. The summed E-state index contributed by atoms with van der Waals surface area (Å²) in [6.07, 6.45) is 8.80. The Hall–Kier alpha value is -5.48. The molecule has 4 N–H and O–H groups in total. The Labute approximate surface area is 346 Å². The molecule has 1 atom stereocenters. The van der Waals surface area contributed by atoms with Crippen molar-refractivity contribution in [1.29, 1.82) is 0 Å². The number of nitrogens with one attached hydrogen (secondary N) is 3. The van der Waals surface area contributed by atoms with Crippen molar-refractivity contribution in [3.05, 3.63) is 36.5 Å².